The average Bonchev–Trinajstić information content (AvgIpc) is 2.39. The molecule has 0 amide bonds. The molecule has 17 heavy (non-hydrogen) atoms. The van der Waals surface area contributed by atoms with Crippen LogP contribution >= 0.6 is 0 Å². The molecule has 0 fully saturated rings. The molecule has 0 spiro atoms. The Morgan fingerprint density at radius 3 is 1.88 bits per heavy atom. The molecule has 0 aliphatic rings. The van der Waals surface area contributed by atoms with Crippen molar-refractivity contribution in [1.29, 1.82) is 5.26 Å². The van der Waals surface area contributed by atoms with Crippen molar-refractivity contribution in [2.75, 3.05) is 0 Å². The molecule has 0 bridgehead atoms. The van der Waals surface area contributed by atoms with Gasteiger partial charge in [0.25, 0.3) is 0 Å². The van der Waals surface area contributed by atoms with Gasteiger partial charge in [0.15, 0.2) is 0 Å². The highest BCUT2D eigenvalue weighted by Gasteiger charge is 2.03. The van der Waals surface area contributed by atoms with Gasteiger partial charge >= 0.3 is 0 Å². The summed E-state index contributed by atoms with van der Waals surface area (Å²) in [7, 11) is 0. The van der Waals surface area contributed by atoms with Gasteiger partial charge in [-0.25, -0.2) is 0 Å². The maximum absolute atomic E-state index is 8.62. The molecule has 0 aromatic heterocycles. The summed E-state index contributed by atoms with van der Waals surface area (Å²) >= 11 is 0. The molecule has 0 heterocycles. The Morgan fingerprint density at radius 1 is 1.00 bits per heavy atom. The Morgan fingerprint density at radius 2 is 1.53 bits per heavy atom. The molecule has 0 N–H and O–H groups in total. The van der Waals surface area contributed by atoms with Gasteiger partial charge in [0, 0.05) is 0 Å². The van der Waals surface area contributed by atoms with Crippen molar-refractivity contribution in [2.24, 2.45) is 0 Å². The molecule has 0 aliphatic heterocycles. The SMILES string of the molecule is CCCC.CCCC(C)c1ccc(C#N)cc1. The third-order valence-corrected chi connectivity index (χ3v) is 2.83. The van der Waals surface area contributed by atoms with E-state index in [1.54, 1.807) is 0 Å². The number of hydrogen-bond acceptors (Lipinski definition) is 1. The van der Waals surface area contributed by atoms with E-state index >= 15 is 0 Å². The summed E-state index contributed by atoms with van der Waals surface area (Å²) in [5, 5.41) is 8.62. The van der Waals surface area contributed by atoms with Crippen molar-refractivity contribution in [3.63, 3.8) is 0 Å². The molecule has 0 aliphatic carbocycles. The third-order valence-electron chi connectivity index (χ3n) is 2.83. The van der Waals surface area contributed by atoms with E-state index in [0.29, 0.717) is 5.92 Å². The predicted molar refractivity (Wildman–Crippen MR) is 75.1 cm³/mol. The lowest BCUT2D eigenvalue weighted by atomic mass is 9.96. The molecule has 1 nitrogen and oxygen atoms in total. The summed E-state index contributed by atoms with van der Waals surface area (Å²) in [6.45, 7) is 8.78. The summed E-state index contributed by atoms with van der Waals surface area (Å²) in [6.07, 6.45) is 5.06. The van der Waals surface area contributed by atoms with E-state index in [0.717, 1.165) is 5.56 Å². The second-order valence-corrected chi connectivity index (χ2v) is 4.42. The molecule has 1 heteroatoms. The van der Waals surface area contributed by atoms with Gasteiger partial charge in [0.2, 0.25) is 0 Å². The number of unbranched alkanes of at least 4 members (excludes halogenated alkanes) is 1. The fourth-order valence-electron chi connectivity index (χ4n) is 1.49. The van der Waals surface area contributed by atoms with Crippen LogP contribution in [-0.4, -0.2) is 0 Å². The van der Waals surface area contributed by atoms with Crippen LogP contribution in [0.2, 0.25) is 0 Å². The highest BCUT2D eigenvalue weighted by Crippen LogP contribution is 2.20. The lowest BCUT2D eigenvalue weighted by molar-refractivity contribution is 0.665. The van der Waals surface area contributed by atoms with E-state index in [2.05, 4.69) is 45.9 Å². The highest BCUT2D eigenvalue weighted by molar-refractivity contribution is 5.32. The Balaban J connectivity index is 0.000000557. The molecule has 1 atom stereocenters. The van der Waals surface area contributed by atoms with Gasteiger partial charge in [-0.1, -0.05) is 59.1 Å². The van der Waals surface area contributed by atoms with E-state index in [1.165, 1.54) is 31.2 Å². The maximum Gasteiger partial charge on any atom is 0.0991 e. The molecular weight excluding hydrogens is 206 g/mol. The Bertz CT molecular complexity index is 316. The minimum absolute atomic E-state index is 0.609. The van der Waals surface area contributed by atoms with E-state index in [9.17, 15) is 0 Å². The molecule has 1 unspecified atom stereocenters. The lowest BCUT2D eigenvalue weighted by Crippen LogP contribution is -1.92. The summed E-state index contributed by atoms with van der Waals surface area (Å²) in [6, 6.07) is 10.0. The lowest BCUT2D eigenvalue weighted by Gasteiger charge is -2.09. The third kappa shape index (κ3) is 6.79. The monoisotopic (exact) mass is 231 g/mol. The van der Waals surface area contributed by atoms with Crippen LogP contribution in [0, 0.1) is 11.3 Å². The van der Waals surface area contributed by atoms with Crippen LogP contribution in [0.3, 0.4) is 0 Å². The van der Waals surface area contributed by atoms with Crippen LogP contribution in [0.25, 0.3) is 0 Å². The molecule has 0 saturated heterocycles. The van der Waals surface area contributed by atoms with Gasteiger partial charge in [0.1, 0.15) is 0 Å². The Labute approximate surface area is 106 Å². The number of nitrogens with zero attached hydrogens (tertiary/aromatic N) is 1. The standard InChI is InChI=1S/C12H15N.C4H10/c1-3-4-10(2)12-7-5-11(9-13)6-8-12;1-3-4-2/h5-8,10H,3-4H2,1-2H3;3-4H2,1-2H3. The second-order valence-electron chi connectivity index (χ2n) is 4.42. The zero-order chi connectivity index (χ0) is 13.1. The van der Waals surface area contributed by atoms with Crippen LogP contribution in [-0.2, 0) is 0 Å². The average molecular weight is 231 g/mol. The normalized spacial score (nSPS) is 11.0. The van der Waals surface area contributed by atoms with Crippen LogP contribution in [0.4, 0.5) is 0 Å². The zero-order valence-electron chi connectivity index (χ0n) is 11.7. The van der Waals surface area contributed by atoms with Crippen LogP contribution in [0.1, 0.15) is 70.4 Å². The van der Waals surface area contributed by atoms with Crippen LogP contribution in [0.15, 0.2) is 24.3 Å². The summed E-state index contributed by atoms with van der Waals surface area (Å²) in [4.78, 5) is 0. The quantitative estimate of drug-likeness (QED) is 0.692. The van der Waals surface area contributed by atoms with Crippen molar-refractivity contribution in [2.45, 2.75) is 59.3 Å². The fourth-order valence-corrected chi connectivity index (χ4v) is 1.49. The van der Waals surface area contributed by atoms with Gasteiger partial charge in [0.05, 0.1) is 11.6 Å². The topological polar surface area (TPSA) is 23.8 Å². The van der Waals surface area contributed by atoms with Gasteiger partial charge in [-0.3, -0.25) is 0 Å². The summed E-state index contributed by atoms with van der Waals surface area (Å²) in [5.74, 6) is 0.609. The second kappa shape index (κ2) is 9.90. The van der Waals surface area contributed by atoms with Gasteiger partial charge < -0.3 is 0 Å². The summed E-state index contributed by atoms with van der Waals surface area (Å²) in [5.41, 5.74) is 2.08. The van der Waals surface area contributed by atoms with Crippen molar-refractivity contribution in [1.82, 2.24) is 0 Å². The van der Waals surface area contributed by atoms with Crippen molar-refractivity contribution < 1.29 is 0 Å². The fraction of sp³-hybridized carbons (Fsp3) is 0.562. The highest BCUT2D eigenvalue weighted by atomic mass is 14.2. The van der Waals surface area contributed by atoms with Crippen molar-refractivity contribution >= 4 is 0 Å². The molecule has 94 valence electrons. The minimum Gasteiger partial charge on any atom is -0.192 e. The Hall–Kier alpha value is -1.29. The maximum atomic E-state index is 8.62. The smallest absolute Gasteiger partial charge is 0.0991 e. The molecule has 1 aromatic carbocycles. The van der Waals surface area contributed by atoms with Gasteiger partial charge in [-0.05, 0) is 30.0 Å². The first-order valence-electron chi connectivity index (χ1n) is 6.69. The predicted octanol–water partition coefficient (Wildman–Crippen LogP) is 5.27. The van der Waals surface area contributed by atoms with Crippen LogP contribution in [0.5, 0.6) is 0 Å². The number of nitriles is 1. The van der Waals surface area contributed by atoms with Gasteiger partial charge in [-0.15, -0.1) is 0 Å². The Kier molecular flexibility index (Phi) is 9.15. The molecular formula is C16H25N. The molecule has 1 aromatic rings. The van der Waals surface area contributed by atoms with Crippen LogP contribution < -0.4 is 0 Å². The first-order chi connectivity index (χ1) is 8.19. The van der Waals surface area contributed by atoms with Crippen molar-refractivity contribution in [3.05, 3.63) is 35.4 Å². The molecule has 0 radical (unpaired) electrons. The van der Waals surface area contributed by atoms with E-state index in [1.807, 2.05) is 12.1 Å². The molecule has 1 rings (SSSR count). The first-order valence-corrected chi connectivity index (χ1v) is 6.69. The first kappa shape index (κ1) is 15.7. The minimum atomic E-state index is 0.609. The summed E-state index contributed by atoms with van der Waals surface area (Å²) < 4.78 is 0. The number of hydrogen-bond donors (Lipinski definition) is 0. The number of rotatable bonds is 4. The number of benzene rings is 1. The zero-order valence-corrected chi connectivity index (χ0v) is 11.7. The van der Waals surface area contributed by atoms with E-state index in [4.69, 9.17) is 5.26 Å². The molecule has 0 saturated carbocycles. The van der Waals surface area contributed by atoms with Gasteiger partial charge in [-0.2, -0.15) is 5.26 Å². The van der Waals surface area contributed by atoms with Crippen molar-refractivity contribution in [3.8, 4) is 6.07 Å². The van der Waals surface area contributed by atoms with E-state index < -0.39 is 0 Å². The van der Waals surface area contributed by atoms with E-state index in [-0.39, 0.29) is 0 Å². The largest absolute Gasteiger partial charge is 0.192 e.